The molecule has 0 spiro atoms. The van der Waals surface area contributed by atoms with Gasteiger partial charge in [-0.05, 0) is 12.8 Å². The molecule has 0 radical (unpaired) electrons. The number of hydrogen-bond donors (Lipinski definition) is 6. The SMILES string of the molecule is CC(C)[C@@H](C=O)NC(=O)[C@H](C)NC(=O)[C@H](CC(=O)O)NC(=O)[C@@H](N)CO. The standard InChI is InChI=1S/C15H26N4O7/c1-7(2)11(6-21)19-13(24)8(3)17-15(26)10(4-12(22)23)18-14(25)9(16)5-20/h6-11,20H,4-5,16H2,1-3H3,(H,17,26)(H,18,25)(H,19,24)(H,22,23)/t8-,9-,10-,11+/m0/s1. The summed E-state index contributed by atoms with van der Waals surface area (Å²) in [6, 6.07) is -4.62. The van der Waals surface area contributed by atoms with Crippen molar-refractivity contribution in [2.75, 3.05) is 6.61 Å². The number of hydrogen-bond acceptors (Lipinski definition) is 7. The summed E-state index contributed by atoms with van der Waals surface area (Å²) in [5.74, 6) is -3.98. The van der Waals surface area contributed by atoms with Gasteiger partial charge in [-0.2, -0.15) is 0 Å². The topological polar surface area (TPSA) is 188 Å². The van der Waals surface area contributed by atoms with Gasteiger partial charge in [0.1, 0.15) is 24.4 Å². The van der Waals surface area contributed by atoms with Crippen LogP contribution >= 0.6 is 0 Å². The van der Waals surface area contributed by atoms with E-state index in [9.17, 15) is 24.0 Å². The summed E-state index contributed by atoms with van der Waals surface area (Å²) in [6.45, 7) is 4.11. The Bertz CT molecular complexity index is 538. The molecule has 0 bridgehead atoms. The van der Waals surface area contributed by atoms with Crippen molar-refractivity contribution in [2.45, 2.75) is 51.4 Å². The molecule has 0 unspecified atom stereocenters. The van der Waals surface area contributed by atoms with Crippen LogP contribution in [-0.4, -0.2) is 71.0 Å². The minimum atomic E-state index is -1.49. The van der Waals surface area contributed by atoms with Gasteiger partial charge in [0.25, 0.3) is 0 Å². The van der Waals surface area contributed by atoms with Crippen LogP contribution in [0, 0.1) is 5.92 Å². The lowest BCUT2D eigenvalue weighted by Gasteiger charge is -2.23. The molecular weight excluding hydrogens is 348 g/mol. The zero-order valence-electron chi connectivity index (χ0n) is 14.9. The molecule has 26 heavy (non-hydrogen) atoms. The zero-order valence-corrected chi connectivity index (χ0v) is 14.9. The first-order valence-electron chi connectivity index (χ1n) is 7.98. The average molecular weight is 374 g/mol. The van der Waals surface area contributed by atoms with Gasteiger partial charge >= 0.3 is 5.97 Å². The second-order valence-corrected chi connectivity index (χ2v) is 6.09. The second kappa shape index (κ2) is 11.2. The molecular formula is C15H26N4O7. The first-order chi connectivity index (χ1) is 12.0. The number of carboxylic acids is 1. The summed E-state index contributed by atoms with van der Waals surface area (Å²) < 4.78 is 0. The predicted octanol–water partition coefficient (Wildman–Crippen LogP) is -2.89. The minimum Gasteiger partial charge on any atom is -0.481 e. The molecule has 0 aliphatic heterocycles. The Morgan fingerprint density at radius 1 is 1.00 bits per heavy atom. The van der Waals surface area contributed by atoms with Crippen LogP contribution in [-0.2, 0) is 24.0 Å². The first-order valence-corrected chi connectivity index (χ1v) is 7.98. The molecule has 0 aromatic carbocycles. The van der Waals surface area contributed by atoms with Crippen molar-refractivity contribution < 1.29 is 34.2 Å². The molecule has 0 aliphatic rings. The Morgan fingerprint density at radius 3 is 2.00 bits per heavy atom. The second-order valence-electron chi connectivity index (χ2n) is 6.09. The van der Waals surface area contributed by atoms with Gasteiger partial charge in [-0.1, -0.05) is 13.8 Å². The van der Waals surface area contributed by atoms with Crippen LogP contribution in [0.25, 0.3) is 0 Å². The highest BCUT2D eigenvalue weighted by atomic mass is 16.4. The molecule has 7 N–H and O–H groups in total. The van der Waals surface area contributed by atoms with Crippen molar-refractivity contribution in [1.82, 2.24) is 16.0 Å². The van der Waals surface area contributed by atoms with Gasteiger partial charge in [-0.15, -0.1) is 0 Å². The van der Waals surface area contributed by atoms with Crippen LogP contribution in [0.2, 0.25) is 0 Å². The van der Waals surface area contributed by atoms with E-state index >= 15 is 0 Å². The van der Waals surface area contributed by atoms with Crippen LogP contribution in [0.5, 0.6) is 0 Å². The molecule has 0 heterocycles. The summed E-state index contributed by atoms with van der Waals surface area (Å²) >= 11 is 0. The van der Waals surface area contributed by atoms with Crippen molar-refractivity contribution in [1.29, 1.82) is 0 Å². The minimum absolute atomic E-state index is 0.154. The molecule has 0 saturated heterocycles. The molecule has 11 nitrogen and oxygen atoms in total. The number of aldehydes is 1. The highest BCUT2D eigenvalue weighted by Crippen LogP contribution is 2.00. The summed E-state index contributed by atoms with van der Waals surface area (Å²) in [5, 5.41) is 24.5. The van der Waals surface area contributed by atoms with Crippen molar-refractivity contribution >= 4 is 30.0 Å². The number of carbonyl (C=O) groups excluding carboxylic acids is 4. The van der Waals surface area contributed by atoms with E-state index in [4.69, 9.17) is 15.9 Å². The molecule has 148 valence electrons. The Hall–Kier alpha value is -2.53. The largest absolute Gasteiger partial charge is 0.481 e. The van der Waals surface area contributed by atoms with Gasteiger partial charge in [-0.3, -0.25) is 19.2 Å². The average Bonchev–Trinajstić information content (AvgIpc) is 2.56. The molecule has 3 amide bonds. The van der Waals surface area contributed by atoms with Crippen molar-refractivity contribution in [3.63, 3.8) is 0 Å². The van der Waals surface area contributed by atoms with Crippen molar-refractivity contribution in [3.05, 3.63) is 0 Å². The Labute approximate surface area is 150 Å². The molecule has 0 aromatic rings. The summed E-state index contributed by atoms with van der Waals surface area (Å²) in [5.41, 5.74) is 5.31. The Morgan fingerprint density at radius 2 is 1.58 bits per heavy atom. The molecule has 4 atom stereocenters. The van der Waals surface area contributed by atoms with E-state index in [1.165, 1.54) is 6.92 Å². The highest BCUT2D eigenvalue weighted by Gasteiger charge is 2.28. The molecule has 0 aliphatic carbocycles. The lowest BCUT2D eigenvalue weighted by Crippen LogP contribution is -2.57. The monoisotopic (exact) mass is 374 g/mol. The van der Waals surface area contributed by atoms with Crippen molar-refractivity contribution in [3.8, 4) is 0 Å². The van der Waals surface area contributed by atoms with Gasteiger partial charge in [0, 0.05) is 0 Å². The summed E-state index contributed by atoms with van der Waals surface area (Å²) in [4.78, 5) is 57.7. The summed E-state index contributed by atoms with van der Waals surface area (Å²) in [7, 11) is 0. The lowest BCUT2D eigenvalue weighted by atomic mass is 10.1. The van der Waals surface area contributed by atoms with E-state index in [-0.39, 0.29) is 5.92 Å². The number of aliphatic hydroxyl groups excluding tert-OH is 1. The molecule has 0 fully saturated rings. The van der Waals surface area contributed by atoms with Gasteiger partial charge < -0.3 is 36.7 Å². The Kier molecular flexibility index (Phi) is 10.1. The van der Waals surface area contributed by atoms with Crippen LogP contribution in [0.4, 0.5) is 0 Å². The van der Waals surface area contributed by atoms with Crippen LogP contribution < -0.4 is 21.7 Å². The van der Waals surface area contributed by atoms with Crippen LogP contribution in [0.15, 0.2) is 0 Å². The highest BCUT2D eigenvalue weighted by molar-refractivity contribution is 5.95. The van der Waals surface area contributed by atoms with E-state index < -0.39 is 60.9 Å². The van der Waals surface area contributed by atoms with Crippen LogP contribution in [0.3, 0.4) is 0 Å². The first kappa shape index (κ1) is 23.5. The maximum atomic E-state index is 12.2. The van der Waals surface area contributed by atoms with Crippen LogP contribution in [0.1, 0.15) is 27.2 Å². The fourth-order valence-electron chi connectivity index (χ4n) is 1.77. The fourth-order valence-corrected chi connectivity index (χ4v) is 1.77. The third-order valence-electron chi connectivity index (χ3n) is 3.47. The van der Waals surface area contributed by atoms with E-state index in [2.05, 4.69) is 16.0 Å². The normalized spacial score (nSPS) is 15.3. The quantitative estimate of drug-likeness (QED) is 0.208. The van der Waals surface area contributed by atoms with E-state index in [0.29, 0.717) is 6.29 Å². The maximum absolute atomic E-state index is 12.2. The number of nitrogens with two attached hydrogens (primary N) is 1. The third kappa shape index (κ3) is 8.03. The fraction of sp³-hybridized carbons (Fsp3) is 0.667. The van der Waals surface area contributed by atoms with E-state index in [1.807, 2.05) is 0 Å². The molecule has 0 rings (SSSR count). The van der Waals surface area contributed by atoms with Gasteiger partial charge in [0.15, 0.2) is 0 Å². The summed E-state index contributed by atoms with van der Waals surface area (Å²) in [6.07, 6.45) is -0.173. The number of aliphatic hydroxyl groups is 1. The lowest BCUT2D eigenvalue weighted by molar-refractivity contribution is -0.141. The molecule has 0 aromatic heterocycles. The maximum Gasteiger partial charge on any atom is 0.305 e. The number of amides is 3. The van der Waals surface area contributed by atoms with E-state index in [0.717, 1.165) is 0 Å². The predicted molar refractivity (Wildman–Crippen MR) is 89.7 cm³/mol. The number of aliphatic carboxylic acids is 1. The smallest absolute Gasteiger partial charge is 0.305 e. The number of carbonyl (C=O) groups is 5. The molecule has 11 heteroatoms. The van der Waals surface area contributed by atoms with Gasteiger partial charge in [0.2, 0.25) is 17.7 Å². The third-order valence-corrected chi connectivity index (χ3v) is 3.47. The zero-order chi connectivity index (χ0) is 20.4. The van der Waals surface area contributed by atoms with E-state index in [1.54, 1.807) is 13.8 Å². The molecule has 0 saturated carbocycles. The van der Waals surface area contributed by atoms with Gasteiger partial charge in [0.05, 0.1) is 19.1 Å². The number of rotatable bonds is 11. The van der Waals surface area contributed by atoms with Gasteiger partial charge in [-0.25, -0.2) is 0 Å². The van der Waals surface area contributed by atoms with Crippen molar-refractivity contribution in [2.24, 2.45) is 11.7 Å². The Balaban J connectivity index is 4.95. The number of nitrogens with one attached hydrogen (secondary N) is 3. The number of carboxylic acid groups (broad SMARTS) is 1.